The third-order valence-electron chi connectivity index (χ3n) is 0.370. The minimum Gasteiger partial charge on any atom is -0.274 e. The summed E-state index contributed by atoms with van der Waals surface area (Å²) in [4.78, 5) is 18.1. The highest BCUT2D eigenvalue weighted by molar-refractivity contribution is 5.65. The van der Waals surface area contributed by atoms with E-state index in [1.807, 2.05) is 0 Å². The van der Waals surface area contributed by atoms with Crippen molar-refractivity contribution in [2.45, 2.75) is 6.92 Å². The second-order valence-corrected chi connectivity index (χ2v) is 0.922. The Labute approximate surface area is 46.6 Å². The van der Waals surface area contributed by atoms with Crippen molar-refractivity contribution in [2.75, 3.05) is 6.61 Å². The average Bonchev–Trinajstić information content (AvgIpc) is 1.83. The quantitative estimate of drug-likeness (QED) is 0.224. The van der Waals surface area contributed by atoms with Crippen molar-refractivity contribution in [1.82, 2.24) is 5.43 Å². The van der Waals surface area contributed by atoms with Gasteiger partial charge in [-0.1, -0.05) is 0 Å². The molecule has 8 heavy (non-hydrogen) atoms. The van der Waals surface area contributed by atoms with Crippen LogP contribution < -0.4 is 11.3 Å². The SMILES string of the molecule is CCOOC(=O)NN. The van der Waals surface area contributed by atoms with Crippen LogP contribution in [-0.2, 0) is 9.78 Å². The van der Waals surface area contributed by atoms with Gasteiger partial charge in [0.15, 0.2) is 0 Å². The number of hydrazine groups is 1. The van der Waals surface area contributed by atoms with E-state index in [1.54, 1.807) is 12.3 Å². The Balaban J connectivity index is 2.99. The molecule has 0 spiro atoms. The van der Waals surface area contributed by atoms with Crippen molar-refractivity contribution in [2.24, 2.45) is 5.84 Å². The smallest absolute Gasteiger partial charge is 0.274 e. The molecule has 0 bridgehead atoms. The van der Waals surface area contributed by atoms with E-state index in [4.69, 9.17) is 0 Å². The number of amides is 1. The zero-order chi connectivity index (χ0) is 6.41. The standard InChI is InChI=1S/C3H8N2O3/c1-2-7-8-3(6)5-4/h2,4H2,1H3,(H,5,6). The Bertz CT molecular complexity index is 74.9. The fourth-order valence-electron chi connectivity index (χ4n) is 0.137. The van der Waals surface area contributed by atoms with Gasteiger partial charge in [-0.2, -0.15) is 4.89 Å². The summed E-state index contributed by atoms with van der Waals surface area (Å²) in [6.07, 6.45) is -0.799. The lowest BCUT2D eigenvalue weighted by Crippen LogP contribution is -2.30. The zero-order valence-electron chi connectivity index (χ0n) is 4.51. The van der Waals surface area contributed by atoms with Gasteiger partial charge in [-0.15, -0.1) is 0 Å². The maximum absolute atomic E-state index is 9.99. The molecule has 0 radical (unpaired) electrons. The molecule has 0 saturated heterocycles. The van der Waals surface area contributed by atoms with E-state index < -0.39 is 6.09 Å². The molecule has 0 atom stereocenters. The van der Waals surface area contributed by atoms with Crippen LogP contribution in [0, 0.1) is 0 Å². The first-order valence-corrected chi connectivity index (χ1v) is 2.11. The molecule has 0 aromatic rings. The van der Waals surface area contributed by atoms with Gasteiger partial charge in [0.05, 0.1) is 6.61 Å². The van der Waals surface area contributed by atoms with Gasteiger partial charge in [-0.3, -0.25) is 10.3 Å². The van der Waals surface area contributed by atoms with Crippen LogP contribution in [0.15, 0.2) is 0 Å². The molecule has 0 heterocycles. The van der Waals surface area contributed by atoms with Crippen LogP contribution in [0.2, 0.25) is 0 Å². The maximum Gasteiger partial charge on any atom is 0.452 e. The molecule has 0 saturated carbocycles. The second kappa shape index (κ2) is 4.35. The lowest BCUT2D eigenvalue weighted by molar-refractivity contribution is -0.234. The van der Waals surface area contributed by atoms with Crippen LogP contribution in [0.5, 0.6) is 0 Å². The van der Waals surface area contributed by atoms with Gasteiger partial charge >= 0.3 is 6.09 Å². The van der Waals surface area contributed by atoms with Crippen LogP contribution in [0.25, 0.3) is 0 Å². The molecule has 0 fully saturated rings. The Morgan fingerprint density at radius 2 is 2.50 bits per heavy atom. The normalized spacial score (nSPS) is 8.25. The average molecular weight is 120 g/mol. The predicted octanol–water partition coefficient (Wildman–Crippen LogP) is -0.462. The molecule has 0 aliphatic rings. The number of hydrogen-bond acceptors (Lipinski definition) is 4. The lowest BCUT2D eigenvalue weighted by Gasteiger charge is -1.96. The molecule has 3 N–H and O–H groups in total. The molecule has 5 nitrogen and oxygen atoms in total. The molecule has 5 heteroatoms. The maximum atomic E-state index is 9.99. The third-order valence-corrected chi connectivity index (χ3v) is 0.370. The molecule has 0 aliphatic heterocycles. The summed E-state index contributed by atoms with van der Waals surface area (Å²) in [7, 11) is 0. The van der Waals surface area contributed by atoms with Crippen LogP contribution in [0.3, 0.4) is 0 Å². The third kappa shape index (κ3) is 3.38. The van der Waals surface area contributed by atoms with E-state index in [1.165, 1.54) is 0 Å². The largest absolute Gasteiger partial charge is 0.452 e. The van der Waals surface area contributed by atoms with Crippen molar-refractivity contribution < 1.29 is 14.6 Å². The monoisotopic (exact) mass is 120 g/mol. The van der Waals surface area contributed by atoms with Crippen molar-refractivity contribution in [1.29, 1.82) is 0 Å². The number of nitrogens with one attached hydrogen (secondary N) is 1. The van der Waals surface area contributed by atoms with Crippen LogP contribution >= 0.6 is 0 Å². The van der Waals surface area contributed by atoms with Crippen molar-refractivity contribution in [3.8, 4) is 0 Å². The van der Waals surface area contributed by atoms with Crippen LogP contribution in [0.4, 0.5) is 4.79 Å². The van der Waals surface area contributed by atoms with E-state index in [9.17, 15) is 4.79 Å². The second-order valence-electron chi connectivity index (χ2n) is 0.922. The predicted molar refractivity (Wildman–Crippen MR) is 25.4 cm³/mol. The van der Waals surface area contributed by atoms with Gasteiger partial charge in [0.25, 0.3) is 0 Å². The summed E-state index contributed by atoms with van der Waals surface area (Å²) >= 11 is 0. The van der Waals surface area contributed by atoms with Gasteiger partial charge < -0.3 is 0 Å². The van der Waals surface area contributed by atoms with E-state index >= 15 is 0 Å². The van der Waals surface area contributed by atoms with Crippen molar-refractivity contribution in [3.05, 3.63) is 0 Å². The highest BCUT2D eigenvalue weighted by atomic mass is 17.2. The molecule has 0 unspecified atom stereocenters. The number of nitrogens with two attached hydrogens (primary N) is 1. The van der Waals surface area contributed by atoms with E-state index in [-0.39, 0.29) is 0 Å². The highest BCUT2D eigenvalue weighted by Crippen LogP contribution is 1.75. The summed E-state index contributed by atoms with van der Waals surface area (Å²) in [5.41, 5.74) is 1.71. The number of carbonyl (C=O) groups excluding carboxylic acids is 1. The Morgan fingerprint density at radius 3 is 2.88 bits per heavy atom. The first-order chi connectivity index (χ1) is 3.81. The molecule has 0 aliphatic carbocycles. The molecule has 1 amide bonds. The zero-order valence-corrected chi connectivity index (χ0v) is 4.51. The number of carbonyl (C=O) groups is 1. The summed E-state index contributed by atoms with van der Waals surface area (Å²) in [5, 5.41) is 0. The summed E-state index contributed by atoms with van der Waals surface area (Å²) < 4.78 is 0. The van der Waals surface area contributed by atoms with Gasteiger partial charge in [-0.05, 0) is 6.92 Å². The van der Waals surface area contributed by atoms with Gasteiger partial charge in [0.2, 0.25) is 0 Å². The van der Waals surface area contributed by atoms with Crippen LogP contribution in [-0.4, -0.2) is 12.7 Å². The van der Waals surface area contributed by atoms with E-state index in [0.717, 1.165) is 0 Å². The number of hydrogen-bond donors (Lipinski definition) is 2. The summed E-state index contributed by atoms with van der Waals surface area (Å²) in [6, 6.07) is 0. The first kappa shape index (κ1) is 7.19. The highest BCUT2D eigenvalue weighted by Gasteiger charge is 1.94. The first-order valence-electron chi connectivity index (χ1n) is 2.11. The molecule has 0 aromatic heterocycles. The van der Waals surface area contributed by atoms with Gasteiger partial charge in [0, 0.05) is 0 Å². The molecular formula is C3H8N2O3. The minimum absolute atomic E-state index is 0.313. The Kier molecular flexibility index (Phi) is 3.91. The van der Waals surface area contributed by atoms with Crippen LogP contribution in [0.1, 0.15) is 6.92 Å². The topological polar surface area (TPSA) is 73.6 Å². The minimum atomic E-state index is -0.799. The fraction of sp³-hybridized carbons (Fsp3) is 0.667. The molecular weight excluding hydrogens is 112 g/mol. The Morgan fingerprint density at radius 1 is 1.88 bits per heavy atom. The van der Waals surface area contributed by atoms with Gasteiger partial charge in [0.1, 0.15) is 0 Å². The van der Waals surface area contributed by atoms with Crippen molar-refractivity contribution in [3.63, 3.8) is 0 Å². The summed E-state index contributed by atoms with van der Waals surface area (Å²) in [5.74, 6) is 4.61. The molecule has 48 valence electrons. The van der Waals surface area contributed by atoms with E-state index in [2.05, 4.69) is 15.6 Å². The lowest BCUT2D eigenvalue weighted by atomic mass is 10.9. The fourth-order valence-corrected chi connectivity index (χ4v) is 0.137. The van der Waals surface area contributed by atoms with Gasteiger partial charge in [-0.25, -0.2) is 10.6 Å². The summed E-state index contributed by atoms with van der Waals surface area (Å²) in [6.45, 7) is 2.00. The number of rotatable bonds is 2. The van der Waals surface area contributed by atoms with E-state index in [0.29, 0.717) is 6.61 Å². The Hall–Kier alpha value is -0.810. The van der Waals surface area contributed by atoms with Crippen molar-refractivity contribution >= 4 is 6.09 Å². The molecule has 0 rings (SSSR count). The molecule has 0 aromatic carbocycles.